The van der Waals surface area contributed by atoms with Crippen LogP contribution < -0.4 is 5.32 Å². The van der Waals surface area contributed by atoms with Gasteiger partial charge in [-0.15, -0.1) is 0 Å². The molecule has 0 atom stereocenters. The van der Waals surface area contributed by atoms with E-state index in [1.54, 1.807) is 37.2 Å². The number of rotatable bonds is 8. The number of benzene rings is 1. The van der Waals surface area contributed by atoms with Crippen LogP contribution in [0.25, 0.3) is 6.08 Å². The van der Waals surface area contributed by atoms with Gasteiger partial charge in [-0.2, -0.15) is 0 Å². The van der Waals surface area contributed by atoms with Gasteiger partial charge in [-0.05, 0) is 30.5 Å². The van der Waals surface area contributed by atoms with Gasteiger partial charge in [0.1, 0.15) is 6.54 Å². The summed E-state index contributed by atoms with van der Waals surface area (Å²) in [5, 5.41) is 17.9. The number of unbranched alkanes of at least 4 members (excludes halogenated alkanes) is 1. The molecule has 138 valence electrons. The smallest absolute Gasteiger partial charge is 0.322 e. The summed E-state index contributed by atoms with van der Waals surface area (Å²) in [5.74, 6) is -1.39. The molecular weight excluding hydrogens is 324 g/mol. The van der Waals surface area contributed by atoms with Gasteiger partial charge in [-0.3, -0.25) is 14.4 Å². The zero-order valence-corrected chi connectivity index (χ0v) is 14.9. The third-order valence-electron chi connectivity index (χ3n) is 3.12. The third-order valence-corrected chi connectivity index (χ3v) is 3.12. The molecule has 3 N–H and O–H groups in total. The molecule has 0 spiro atoms. The molecule has 0 aliphatic heterocycles. The summed E-state index contributed by atoms with van der Waals surface area (Å²) >= 11 is 0. The molecule has 0 aliphatic rings. The Bertz CT molecular complexity index is 597. The summed E-state index contributed by atoms with van der Waals surface area (Å²) in [4.78, 5) is 35.2. The number of carboxylic acids is 1. The fourth-order valence-corrected chi connectivity index (χ4v) is 1.86. The number of hydrogen-bond donors (Lipinski definition) is 3. The first-order valence-corrected chi connectivity index (χ1v) is 7.81. The van der Waals surface area contributed by atoms with Crippen molar-refractivity contribution in [3.63, 3.8) is 0 Å². The second-order valence-corrected chi connectivity index (χ2v) is 5.28. The maximum Gasteiger partial charge on any atom is 0.322 e. The van der Waals surface area contributed by atoms with Crippen molar-refractivity contribution >= 4 is 23.9 Å². The average Bonchev–Trinajstić information content (AvgIpc) is 2.61. The molecule has 0 aromatic heterocycles. The first-order valence-electron chi connectivity index (χ1n) is 7.81. The molecule has 1 aromatic rings. The van der Waals surface area contributed by atoms with Crippen LogP contribution in [0.1, 0.15) is 35.2 Å². The molecule has 1 aromatic carbocycles. The maximum atomic E-state index is 11.8. The lowest BCUT2D eigenvalue weighted by Crippen LogP contribution is -2.29. The summed E-state index contributed by atoms with van der Waals surface area (Å²) in [6.07, 6.45) is 5.89. The Hall–Kier alpha value is -2.67. The molecular formula is C18H26N2O5. The number of nitrogens with zero attached hydrogens (tertiary/aromatic N) is 1. The minimum atomic E-state index is -1.08. The Morgan fingerprint density at radius 3 is 2.48 bits per heavy atom. The lowest BCUT2D eigenvalue weighted by atomic mass is 10.1. The molecule has 0 fully saturated rings. The Morgan fingerprint density at radius 1 is 1.20 bits per heavy atom. The van der Waals surface area contributed by atoms with Crippen LogP contribution in [0.3, 0.4) is 0 Å². The monoisotopic (exact) mass is 350 g/mol. The van der Waals surface area contributed by atoms with Gasteiger partial charge < -0.3 is 20.4 Å². The SMILES string of the molecule is CN(C)C(=O)CCC/C=C\c1cccc(C(=O)NCC(=O)O)c1.CO. The van der Waals surface area contributed by atoms with Gasteiger partial charge in [-0.1, -0.05) is 24.3 Å². The highest BCUT2D eigenvalue weighted by molar-refractivity contribution is 5.96. The number of amides is 2. The molecule has 0 bridgehead atoms. The van der Waals surface area contributed by atoms with Crippen molar-refractivity contribution in [2.75, 3.05) is 27.7 Å². The fraction of sp³-hybridized carbons (Fsp3) is 0.389. The Morgan fingerprint density at radius 2 is 1.88 bits per heavy atom. The summed E-state index contributed by atoms with van der Waals surface area (Å²) in [6, 6.07) is 6.92. The van der Waals surface area contributed by atoms with Crippen LogP contribution in [0.2, 0.25) is 0 Å². The van der Waals surface area contributed by atoms with Crippen molar-refractivity contribution in [3.8, 4) is 0 Å². The van der Waals surface area contributed by atoms with E-state index in [1.165, 1.54) is 0 Å². The second-order valence-electron chi connectivity index (χ2n) is 5.28. The molecule has 0 radical (unpaired) electrons. The van der Waals surface area contributed by atoms with Crippen LogP contribution in [0, 0.1) is 0 Å². The first-order chi connectivity index (χ1) is 11.9. The van der Waals surface area contributed by atoms with E-state index >= 15 is 0 Å². The zero-order chi connectivity index (χ0) is 19.2. The van der Waals surface area contributed by atoms with Crippen LogP contribution in [0.15, 0.2) is 30.3 Å². The Balaban J connectivity index is 0.00000277. The number of carbonyl (C=O) groups is 3. The number of carbonyl (C=O) groups excluding carboxylic acids is 2. The minimum Gasteiger partial charge on any atom is -0.480 e. The lowest BCUT2D eigenvalue weighted by Gasteiger charge is -2.08. The normalized spacial score (nSPS) is 9.92. The van der Waals surface area contributed by atoms with Crippen molar-refractivity contribution in [1.29, 1.82) is 0 Å². The second kappa shape index (κ2) is 12.7. The lowest BCUT2D eigenvalue weighted by molar-refractivity contribution is -0.135. The molecule has 7 nitrogen and oxygen atoms in total. The molecule has 0 aliphatic carbocycles. The summed E-state index contributed by atoms with van der Waals surface area (Å²) < 4.78 is 0. The molecule has 1 rings (SSSR count). The van der Waals surface area contributed by atoms with E-state index in [0.29, 0.717) is 12.0 Å². The average molecular weight is 350 g/mol. The van der Waals surface area contributed by atoms with Crippen molar-refractivity contribution in [2.24, 2.45) is 0 Å². The quantitative estimate of drug-likeness (QED) is 0.614. The number of hydrogen-bond acceptors (Lipinski definition) is 4. The Kier molecular flexibility index (Phi) is 11.4. The molecule has 2 amide bonds. The first kappa shape index (κ1) is 22.3. The van der Waals surface area contributed by atoms with E-state index < -0.39 is 18.4 Å². The van der Waals surface area contributed by atoms with Gasteiger partial charge in [-0.25, -0.2) is 0 Å². The number of allylic oxidation sites excluding steroid dienone is 1. The van der Waals surface area contributed by atoms with Crippen LogP contribution in [0.4, 0.5) is 0 Å². The van der Waals surface area contributed by atoms with Crippen molar-refractivity contribution < 1.29 is 24.6 Å². The Labute approximate surface area is 148 Å². The number of carboxylic acid groups (broad SMARTS) is 1. The minimum absolute atomic E-state index is 0.107. The van der Waals surface area contributed by atoms with E-state index in [1.807, 2.05) is 18.2 Å². The number of nitrogens with one attached hydrogen (secondary N) is 1. The van der Waals surface area contributed by atoms with Crippen LogP contribution in [-0.4, -0.2) is 60.6 Å². The number of aliphatic carboxylic acids is 1. The predicted molar refractivity (Wildman–Crippen MR) is 96.1 cm³/mol. The largest absolute Gasteiger partial charge is 0.480 e. The standard InChI is InChI=1S/C17H22N2O4.CH4O/c1-19(2)15(20)10-5-3-4-7-13-8-6-9-14(11-13)17(23)18-12-16(21)22;1-2/h4,6-9,11H,3,5,10,12H2,1-2H3,(H,18,23)(H,21,22);2H,1H3/b7-4-;. The highest BCUT2D eigenvalue weighted by Crippen LogP contribution is 2.09. The molecule has 25 heavy (non-hydrogen) atoms. The van der Waals surface area contributed by atoms with Crippen LogP contribution in [0.5, 0.6) is 0 Å². The van der Waals surface area contributed by atoms with Gasteiger partial charge in [0.2, 0.25) is 5.91 Å². The fourth-order valence-electron chi connectivity index (χ4n) is 1.86. The van der Waals surface area contributed by atoms with Gasteiger partial charge >= 0.3 is 5.97 Å². The maximum absolute atomic E-state index is 11.8. The highest BCUT2D eigenvalue weighted by Gasteiger charge is 2.07. The van der Waals surface area contributed by atoms with Crippen molar-refractivity contribution in [3.05, 3.63) is 41.5 Å². The van der Waals surface area contributed by atoms with E-state index in [2.05, 4.69) is 5.32 Å². The van der Waals surface area contributed by atoms with Crippen molar-refractivity contribution in [1.82, 2.24) is 10.2 Å². The van der Waals surface area contributed by atoms with Gasteiger partial charge in [0.15, 0.2) is 0 Å². The van der Waals surface area contributed by atoms with Crippen LogP contribution in [-0.2, 0) is 9.59 Å². The van der Waals surface area contributed by atoms with Crippen molar-refractivity contribution in [2.45, 2.75) is 19.3 Å². The summed E-state index contributed by atoms with van der Waals surface area (Å²) in [6.45, 7) is -0.404. The summed E-state index contributed by atoms with van der Waals surface area (Å²) in [7, 11) is 4.47. The van der Waals surface area contributed by atoms with E-state index in [-0.39, 0.29) is 5.91 Å². The molecule has 7 heteroatoms. The zero-order valence-electron chi connectivity index (χ0n) is 14.9. The predicted octanol–water partition coefficient (Wildman–Crippen LogP) is 1.38. The van der Waals surface area contributed by atoms with E-state index in [4.69, 9.17) is 10.2 Å². The van der Waals surface area contributed by atoms with Gasteiger partial charge in [0.05, 0.1) is 0 Å². The van der Waals surface area contributed by atoms with E-state index in [9.17, 15) is 14.4 Å². The number of aliphatic hydroxyl groups is 1. The number of aliphatic hydroxyl groups excluding tert-OH is 1. The highest BCUT2D eigenvalue weighted by atomic mass is 16.4. The topological polar surface area (TPSA) is 107 Å². The molecule has 0 saturated carbocycles. The van der Waals surface area contributed by atoms with E-state index in [0.717, 1.165) is 25.5 Å². The molecule has 0 unspecified atom stereocenters. The van der Waals surface area contributed by atoms with Gasteiger partial charge in [0.25, 0.3) is 5.91 Å². The third kappa shape index (κ3) is 9.93. The van der Waals surface area contributed by atoms with Gasteiger partial charge in [0, 0.05) is 33.2 Å². The molecule has 0 heterocycles. The van der Waals surface area contributed by atoms with Crippen LogP contribution >= 0.6 is 0 Å². The summed E-state index contributed by atoms with van der Waals surface area (Å²) in [5.41, 5.74) is 1.27. The molecule has 0 saturated heterocycles.